The van der Waals surface area contributed by atoms with Crippen LogP contribution in [0.2, 0.25) is 0 Å². The summed E-state index contributed by atoms with van der Waals surface area (Å²) in [6.45, 7) is 2.28. The van der Waals surface area contributed by atoms with Gasteiger partial charge in [0.15, 0.2) is 0 Å². The zero-order valence-electron chi connectivity index (χ0n) is 11.4. The normalized spacial score (nSPS) is 15.4. The van der Waals surface area contributed by atoms with Crippen molar-refractivity contribution >= 4 is 17.5 Å². The summed E-state index contributed by atoms with van der Waals surface area (Å²) in [6.07, 6.45) is 2.99. The highest BCUT2D eigenvalue weighted by Gasteiger charge is 2.25. The average molecular weight is 272 g/mol. The van der Waals surface area contributed by atoms with Gasteiger partial charge in [-0.3, -0.25) is 14.5 Å². The Bertz CT molecular complexity index is 591. The Labute approximate surface area is 117 Å². The lowest BCUT2D eigenvalue weighted by Crippen LogP contribution is -2.36. The third-order valence-electron chi connectivity index (χ3n) is 3.35. The van der Waals surface area contributed by atoms with E-state index < -0.39 is 0 Å². The Kier molecular flexibility index (Phi) is 4.38. The van der Waals surface area contributed by atoms with E-state index in [9.17, 15) is 9.59 Å². The smallest absolute Gasteiger partial charge is 0.260 e. The zero-order valence-corrected chi connectivity index (χ0v) is 11.4. The van der Waals surface area contributed by atoms with Crippen molar-refractivity contribution in [2.75, 3.05) is 6.54 Å². The highest BCUT2D eigenvalue weighted by molar-refractivity contribution is 6.07. The second-order valence-corrected chi connectivity index (χ2v) is 4.87. The summed E-state index contributed by atoms with van der Waals surface area (Å²) >= 11 is 0. The minimum Gasteiger partial charge on any atom is -0.279 e. The molecule has 0 N–H and O–H groups in total. The molecule has 0 saturated carbocycles. The number of aryl methyl sites for hydroxylation is 1. The summed E-state index contributed by atoms with van der Waals surface area (Å²) < 4.78 is 0. The second-order valence-electron chi connectivity index (χ2n) is 4.87. The lowest BCUT2D eigenvalue weighted by atomic mass is 10.1. The molecule has 6 nitrogen and oxygen atoms in total. The average Bonchev–Trinajstić information content (AvgIpc) is 2.65. The second kappa shape index (κ2) is 6.21. The maximum atomic E-state index is 12.5. The number of amides is 2. The molecule has 1 heterocycles. The van der Waals surface area contributed by atoms with Crippen LogP contribution in [0.1, 0.15) is 41.6 Å². The van der Waals surface area contributed by atoms with E-state index in [0.717, 1.165) is 24.8 Å². The molecule has 0 unspecified atom stereocenters. The van der Waals surface area contributed by atoms with E-state index in [-0.39, 0.29) is 23.1 Å². The van der Waals surface area contributed by atoms with Crippen molar-refractivity contribution in [1.82, 2.24) is 4.90 Å². The SMILES string of the molecule is Cc1ccc(N=[N+]=[N-])c(C(=O)N2CCCCCC2=O)c1. The van der Waals surface area contributed by atoms with E-state index in [0.29, 0.717) is 13.0 Å². The van der Waals surface area contributed by atoms with Crippen molar-refractivity contribution in [1.29, 1.82) is 0 Å². The highest BCUT2D eigenvalue weighted by Crippen LogP contribution is 2.24. The van der Waals surface area contributed by atoms with Gasteiger partial charge in [-0.2, -0.15) is 0 Å². The molecule has 6 heteroatoms. The first-order chi connectivity index (χ1) is 9.63. The van der Waals surface area contributed by atoms with Gasteiger partial charge >= 0.3 is 0 Å². The van der Waals surface area contributed by atoms with Crippen molar-refractivity contribution in [2.24, 2.45) is 5.11 Å². The fourth-order valence-corrected chi connectivity index (χ4v) is 2.30. The topological polar surface area (TPSA) is 86.1 Å². The fourth-order valence-electron chi connectivity index (χ4n) is 2.30. The highest BCUT2D eigenvalue weighted by atomic mass is 16.2. The van der Waals surface area contributed by atoms with Gasteiger partial charge in [0.1, 0.15) is 0 Å². The summed E-state index contributed by atoms with van der Waals surface area (Å²) in [6, 6.07) is 5.03. The van der Waals surface area contributed by atoms with E-state index in [1.807, 2.05) is 6.92 Å². The number of carbonyl (C=O) groups excluding carboxylic acids is 2. The Morgan fingerprint density at radius 2 is 2.15 bits per heavy atom. The Hall–Kier alpha value is -2.33. The van der Waals surface area contributed by atoms with Crippen LogP contribution >= 0.6 is 0 Å². The number of imide groups is 1. The lowest BCUT2D eigenvalue weighted by Gasteiger charge is -2.19. The van der Waals surface area contributed by atoms with Gasteiger partial charge in [-0.05, 0) is 31.4 Å². The first-order valence-electron chi connectivity index (χ1n) is 6.64. The number of azide groups is 1. The van der Waals surface area contributed by atoms with Gasteiger partial charge in [0, 0.05) is 23.4 Å². The van der Waals surface area contributed by atoms with E-state index in [2.05, 4.69) is 10.0 Å². The number of carbonyl (C=O) groups is 2. The predicted octanol–water partition coefficient (Wildman–Crippen LogP) is 3.48. The third kappa shape index (κ3) is 2.97. The van der Waals surface area contributed by atoms with E-state index in [1.165, 1.54) is 4.90 Å². The standard InChI is InChI=1S/C14H16N4O2/c1-10-6-7-12(16-17-15)11(9-10)14(20)18-8-4-2-3-5-13(18)19/h6-7,9H,2-5,8H2,1H3. The largest absolute Gasteiger partial charge is 0.279 e. The monoisotopic (exact) mass is 272 g/mol. The molecular formula is C14H16N4O2. The van der Waals surface area contributed by atoms with Crippen molar-refractivity contribution in [3.8, 4) is 0 Å². The quantitative estimate of drug-likeness (QED) is 0.357. The number of benzene rings is 1. The number of rotatable bonds is 2. The van der Waals surface area contributed by atoms with Crippen molar-refractivity contribution in [3.05, 3.63) is 39.8 Å². The summed E-state index contributed by atoms with van der Waals surface area (Å²) in [4.78, 5) is 28.5. The van der Waals surface area contributed by atoms with Crippen LogP contribution in [0.3, 0.4) is 0 Å². The molecule has 1 fully saturated rings. The van der Waals surface area contributed by atoms with E-state index >= 15 is 0 Å². The molecule has 0 aliphatic carbocycles. The van der Waals surface area contributed by atoms with Gasteiger partial charge in [-0.1, -0.05) is 29.2 Å². The maximum Gasteiger partial charge on any atom is 0.260 e. The lowest BCUT2D eigenvalue weighted by molar-refractivity contribution is -0.128. The van der Waals surface area contributed by atoms with Crippen LogP contribution in [-0.4, -0.2) is 23.3 Å². The molecule has 1 saturated heterocycles. The molecule has 1 aromatic rings. The molecular weight excluding hydrogens is 256 g/mol. The summed E-state index contributed by atoms with van der Waals surface area (Å²) in [5.41, 5.74) is 10.0. The molecule has 0 bridgehead atoms. The molecule has 0 spiro atoms. The van der Waals surface area contributed by atoms with E-state index in [4.69, 9.17) is 5.53 Å². The first-order valence-corrected chi connectivity index (χ1v) is 6.64. The van der Waals surface area contributed by atoms with Crippen LogP contribution in [0.15, 0.2) is 23.3 Å². The fraction of sp³-hybridized carbons (Fsp3) is 0.429. The van der Waals surface area contributed by atoms with Gasteiger partial charge < -0.3 is 0 Å². The number of likely N-dealkylation sites (tertiary alicyclic amines) is 1. The predicted molar refractivity (Wildman–Crippen MR) is 74.5 cm³/mol. The van der Waals surface area contributed by atoms with Gasteiger partial charge in [0.05, 0.1) is 5.69 Å². The van der Waals surface area contributed by atoms with Gasteiger partial charge in [-0.15, -0.1) is 0 Å². The molecule has 1 aliphatic heterocycles. The Morgan fingerprint density at radius 1 is 1.35 bits per heavy atom. The van der Waals surface area contributed by atoms with Crippen LogP contribution in [0.25, 0.3) is 10.4 Å². The maximum absolute atomic E-state index is 12.5. The zero-order chi connectivity index (χ0) is 14.5. The van der Waals surface area contributed by atoms with Crippen LogP contribution in [0.5, 0.6) is 0 Å². The first kappa shape index (κ1) is 14.1. The molecule has 0 aromatic heterocycles. The molecule has 0 radical (unpaired) electrons. The molecule has 0 atom stereocenters. The summed E-state index contributed by atoms with van der Waals surface area (Å²) in [7, 11) is 0. The Morgan fingerprint density at radius 3 is 2.90 bits per heavy atom. The minimum absolute atomic E-state index is 0.152. The van der Waals surface area contributed by atoms with Crippen molar-refractivity contribution in [2.45, 2.75) is 32.6 Å². The third-order valence-corrected chi connectivity index (χ3v) is 3.35. The van der Waals surface area contributed by atoms with Crippen LogP contribution in [0, 0.1) is 6.92 Å². The molecule has 104 valence electrons. The number of hydrogen-bond donors (Lipinski definition) is 0. The molecule has 1 aliphatic rings. The molecule has 1 aromatic carbocycles. The number of nitrogens with zero attached hydrogens (tertiary/aromatic N) is 4. The van der Waals surface area contributed by atoms with E-state index in [1.54, 1.807) is 18.2 Å². The van der Waals surface area contributed by atoms with Crippen LogP contribution < -0.4 is 0 Å². The van der Waals surface area contributed by atoms with Crippen LogP contribution in [0.4, 0.5) is 5.69 Å². The molecule has 2 amide bonds. The van der Waals surface area contributed by atoms with Gasteiger partial charge in [0.2, 0.25) is 5.91 Å². The van der Waals surface area contributed by atoms with Gasteiger partial charge in [0.25, 0.3) is 5.91 Å². The van der Waals surface area contributed by atoms with Crippen molar-refractivity contribution < 1.29 is 9.59 Å². The van der Waals surface area contributed by atoms with Crippen molar-refractivity contribution in [3.63, 3.8) is 0 Å². The van der Waals surface area contributed by atoms with Gasteiger partial charge in [-0.25, -0.2) is 0 Å². The summed E-state index contributed by atoms with van der Waals surface area (Å²) in [5.74, 6) is -0.524. The molecule has 20 heavy (non-hydrogen) atoms. The Balaban J connectivity index is 2.38. The number of hydrogen-bond acceptors (Lipinski definition) is 3. The minimum atomic E-state index is -0.372. The van der Waals surface area contributed by atoms with Crippen LogP contribution in [-0.2, 0) is 4.79 Å². The molecule has 2 rings (SSSR count). The summed E-state index contributed by atoms with van der Waals surface area (Å²) in [5, 5.41) is 3.53.